The largest absolute Gasteiger partial charge is 0.255 e. The highest BCUT2D eigenvalue weighted by Gasteiger charge is 2.15. The van der Waals surface area contributed by atoms with Crippen molar-refractivity contribution in [3.63, 3.8) is 0 Å². The summed E-state index contributed by atoms with van der Waals surface area (Å²) in [6, 6.07) is 24.2. The van der Waals surface area contributed by atoms with Gasteiger partial charge in [-0.05, 0) is 75.2 Å². The van der Waals surface area contributed by atoms with Crippen molar-refractivity contribution in [3.8, 4) is 11.1 Å². The van der Waals surface area contributed by atoms with Gasteiger partial charge in [-0.1, -0.05) is 36.4 Å². The summed E-state index contributed by atoms with van der Waals surface area (Å²) in [5, 5.41) is 0. The maximum absolute atomic E-state index is 4.98. The smallest absolute Gasteiger partial charge is 0.0841 e. The lowest BCUT2D eigenvalue weighted by Gasteiger charge is -2.16. The van der Waals surface area contributed by atoms with Crippen LogP contribution >= 0.6 is 0 Å². The maximum atomic E-state index is 4.98. The summed E-state index contributed by atoms with van der Waals surface area (Å²) in [6.07, 6.45) is 3.58. The predicted molar refractivity (Wildman–Crippen MR) is 134 cm³/mol. The molecular weight excluding hydrogens is 392 g/mol. The fourth-order valence-corrected chi connectivity index (χ4v) is 3.77. The Bertz CT molecular complexity index is 1190. The summed E-state index contributed by atoms with van der Waals surface area (Å²) >= 11 is 0. The average molecular weight is 419 g/mol. The van der Waals surface area contributed by atoms with E-state index in [1.165, 1.54) is 0 Å². The molecule has 2 aromatic carbocycles. The molecule has 0 saturated carbocycles. The van der Waals surface area contributed by atoms with Crippen LogP contribution in [0.4, 0.5) is 11.4 Å². The van der Waals surface area contributed by atoms with Gasteiger partial charge in [0.15, 0.2) is 0 Å². The Hall–Kier alpha value is -3.92. The fraction of sp³-hybridized carbons (Fsp3) is 0.143. The van der Waals surface area contributed by atoms with Crippen LogP contribution in [-0.2, 0) is 0 Å². The van der Waals surface area contributed by atoms with E-state index in [0.717, 1.165) is 56.4 Å². The molecule has 4 rings (SSSR count). The van der Waals surface area contributed by atoms with Gasteiger partial charge in [0.1, 0.15) is 0 Å². The molecular formula is C28H26N4. The molecule has 4 nitrogen and oxygen atoms in total. The van der Waals surface area contributed by atoms with E-state index in [9.17, 15) is 0 Å². The second-order valence-electron chi connectivity index (χ2n) is 7.76. The van der Waals surface area contributed by atoms with Gasteiger partial charge in [-0.3, -0.25) is 20.0 Å². The molecule has 0 aliphatic carbocycles. The molecule has 2 heterocycles. The van der Waals surface area contributed by atoms with Crippen molar-refractivity contribution in [3.05, 3.63) is 108 Å². The summed E-state index contributed by atoms with van der Waals surface area (Å²) in [5.74, 6) is 0. The number of benzene rings is 2. The Kier molecular flexibility index (Phi) is 6.31. The van der Waals surface area contributed by atoms with Crippen molar-refractivity contribution in [2.75, 3.05) is 0 Å². The minimum Gasteiger partial charge on any atom is -0.255 e. The average Bonchev–Trinajstić information content (AvgIpc) is 2.81. The highest BCUT2D eigenvalue weighted by Crippen LogP contribution is 2.41. The molecule has 0 bridgehead atoms. The fourth-order valence-electron chi connectivity index (χ4n) is 3.77. The van der Waals surface area contributed by atoms with Crippen molar-refractivity contribution in [2.45, 2.75) is 27.7 Å². The van der Waals surface area contributed by atoms with E-state index in [1.807, 2.05) is 62.4 Å². The standard InChI is InChI=1S/C28H26N4/c1-19-11-9-15-25(31-21(3)23-13-5-7-17-29-23)27(19)28-20(2)12-10-16-26(28)32-22(4)24-14-6-8-18-30-24/h5-18H,1-4H3. The Morgan fingerprint density at radius 2 is 1.00 bits per heavy atom. The Balaban J connectivity index is 1.89. The molecule has 0 radical (unpaired) electrons. The van der Waals surface area contributed by atoms with Crippen molar-refractivity contribution >= 4 is 22.8 Å². The van der Waals surface area contributed by atoms with Crippen LogP contribution < -0.4 is 0 Å². The topological polar surface area (TPSA) is 50.5 Å². The van der Waals surface area contributed by atoms with Crippen LogP contribution in [0, 0.1) is 13.8 Å². The van der Waals surface area contributed by atoms with Crippen molar-refractivity contribution < 1.29 is 0 Å². The van der Waals surface area contributed by atoms with Gasteiger partial charge in [0.05, 0.1) is 34.2 Å². The Morgan fingerprint density at radius 1 is 0.562 bits per heavy atom. The van der Waals surface area contributed by atoms with E-state index < -0.39 is 0 Å². The molecule has 158 valence electrons. The van der Waals surface area contributed by atoms with Gasteiger partial charge in [-0.2, -0.15) is 0 Å². The quantitative estimate of drug-likeness (QED) is 0.326. The number of pyridine rings is 2. The number of aromatic nitrogens is 2. The van der Waals surface area contributed by atoms with Crippen molar-refractivity contribution in [1.29, 1.82) is 0 Å². The minimum absolute atomic E-state index is 0.869. The molecule has 2 aromatic heterocycles. The molecule has 4 heteroatoms. The lowest BCUT2D eigenvalue weighted by atomic mass is 9.93. The lowest BCUT2D eigenvalue weighted by Crippen LogP contribution is -1.99. The minimum atomic E-state index is 0.869. The molecule has 0 unspecified atom stereocenters. The zero-order chi connectivity index (χ0) is 22.5. The van der Waals surface area contributed by atoms with Crippen LogP contribution in [0.1, 0.15) is 36.4 Å². The molecule has 0 amide bonds. The summed E-state index contributed by atoms with van der Waals surface area (Å²) in [6.45, 7) is 8.24. The molecule has 4 aromatic rings. The number of rotatable bonds is 5. The van der Waals surface area contributed by atoms with Crippen LogP contribution in [0.3, 0.4) is 0 Å². The van der Waals surface area contributed by atoms with E-state index in [1.54, 1.807) is 12.4 Å². The summed E-state index contributed by atoms with van der Waals surface area (Å²) in [5.41, 5.74) is 9.80. The van der Waals surface area contributed by atoms with Crippen LogP contribution in [-0.4, -0.2) is 21.4 Å². The first-order chi connectivity index (χ1) is 15.5. The third kappa shape index (κ3) is 4.54. The van der Waals surface area contributed by atoms with Gasteiger partial charge in [0.25, 0.3) is 0 Å². The molecule has 0 saturated heterocycles. The van der Waals surface area contributed by atoms with Gasteiger partial charge in [0.2, 0.25) is 0 Å². The molecule has 0 N–H and O–H groups in total. The molecule has 0 fully saturated rings. The van der Waals surface area contributed by atoms with E-state index in [2.05, 4.69) is 48.1 Å². The van der Waals surface area contributed by atoms with Crippen LogP contribution in [0.5, 0.6) is 0 Å². The van der Waals surface area contributed by atoms with Gasteiger partial charge in [-0.15, -0.1) is 0 Å². The Morgan fingerprint density at radius 3 is 1.38 bits per heavy atom. The monoisotopic (exact) mass is 418 g/mol. The molecule has 32 heavy (non-hydrogen) atoms. The van der Waals surface area contributed by atoms with Gasteiger partial charge >= 0.3 is 0 Å². The van der Waals surface area contributed by atoms with E-state index >= 15 is 0 Å². The lowest BCUT2D eigenvalue weighted by molar-refractivity contribution is 1.27. The number of nitrogens with zero attached hydrogens (tertiary/aromatic N) is 4. The molecule has 0 aliphatic heterocycles. The van der Waals surface area contributed by atoms with Gasteiger partial charge in [-0.25, -0.2) is 0 Å². The molecule has 0 spiro atoms. The van der Waals surface area contributed by atoms with Crippen LogP contribution in [0.25, 0.3) is 11.1 Å². The van der Waals surface area contributed by atoms with Crippen molar-refractivity contribution in [1.82, 2.24) is 9.97 Å². The third-order valence-electron chi connectivity index (χ3n) is 5.40. The normalized spacial score (nSPS) is 12.1. The highest BCUT2D eigenvalue weighted by atomic mass is 14.8. The van der Waals surface area contributed by atoms with Gasteiger partial charge in [0, 0.05) is 23.5 Å². The molecule has 0 atom stereocenters. The van der Waals surface area contributed by atoms with Gasteiger partial charge < -0.3 is 0 Å². The number of aryl methyl sites for hydroxylation is 2. The second kappa shape index (κ2) is 9.48. The van der Waals surface area contributed by atoms with Crippen LogP contribution in [0.2, 0.25) is 0 Å². The summed E-state index contributed by atoms with van der Waals surface area (Å²) in [4.78, 5) is 18.9. The first-order valence-corrected chi connectivity index (χ1v) is 10.7. The van der Waals surface area contributed by atoms with Crippen LogP contribution in [0.15, 0.2) is 95.2 Å². The highest BCUT2D eigenvalue weighted by molar-refractivity contribution is 6.02. The zero-order valence-corrected chi connectivity index (χ0v) is 18.9. The number of hydrogen-bond acceptors (Lipinski definition) is 4. The molecule has 0 aliphatic rings. The number of hydrogen-bond donors (Lipinski definition) is 0. The summed E-state index contributed by atoms with van der Waals surface area (Å²) in [7, 11) is 0. The maximum Gasteiger partial charge on any atom is 0.0841 e. The number of aliphatic imine (C=N–C) groups is 2. The van der Waals surface area contributed by atoms with E-state index in [4.69, 9.17) is 9.98 Å². The zero-order valence-electron chi connectivity index (χ0n) is 18.9. The first kappa shape index (κ1) is 21.3. The SMILES string of the molecule is CC(=Nc1cccc(C)c1-c1c(C)cccc1N=C(C)c1ccccn1)c1ccccn1. The van der Waals surface area contributed by atoms with E-state index in [-0.39, 0.29) is 0 Å². The summed E-state index contributed by atoms with van der Waals surface area (Å²) < 4.78 is 0. The van der Waals surface area contributed by atoms with E-state index in [0.29, 0.717) is 0 Å². The Labute approximate surface area is 189 Å². The first-order valence-electron chi connectivity index (χ1n) is 10.7. The third-order valence-corrected chi connectivity index (χ3v) is 5.40. The second-order valence-corrected chi connectivity index (χ2v) is 7.76. The predicted octanol–water partition coefficient (Wildman–Crippen LogP) is 7.04. The van der Waals surface area contributed by atoms with Crippen molar-refractivity contribution in [2.24, 2.45) is 9.98 Å².